The zero-order valence-electron chi connectivity index (χ0n) is 8.94. The lowest BCUT2D eigenvalue weighted by Gasteiger charge is -2.42. The van der Waals surface area contributed by atoms with E-state index in [-0.39, 0.29) is 24.6 Å². The molecule has 0 bridgehead atoms. The van der Waals surface area contributed by atoms with Crippen molar-refractivity contribution in [2.75, 3.05) is 12.5 Å². The van der Waals surface area contributed by atoms with Crippen LogP contribution >= 0.6 is 11.8 Å². The van der Waals surface area contributed by atoms with Crippen LogP contribution in [0.1, 0.15) is 25.7 Å². The third kappa shape index (κ3) is 1.24. The molecule has 2 aliphatic heterocycles. The van der Waals surface area contributed by atoms with Crippen LogP contribution in [0.25, 0.3) is 0 Å². The fourth-order valence-corrected chi connectivity index (χ4v) is 4.88. The molecule has 4 nitrogen and oxygen atoms in total. The summed E-state index contributed by atoms with van der Waals surface area (Å²) in [4.78, 5) is 24.0. The Morgan fingerprint density at radius 2 is 1.94 bits per heavy atom. The van der Waals surface area contributed by atoms with Gasteiger partial charge in [0.15, 0.2) is 5.41 Å². The fraction of sp³-hybridized carbons (Fsp3) is 0.818. The molecule has 16 heavy (non-hydrogen) atoms. The van der Waals surface area contributed by atoms with E-state index in [2.05, 4.69) is 0 Å². The molecule has 0 amide bonds. The highest BCUT2D eigenvalue weighted by molar-refractivity contribution is 8.00. The van der Waals surface area contributed by atoms with Crippen LogP contribution in [0, 0.1) is 11.3 Å². The summed E-state index contributed by atoms with van der Waals surface area (Å²) >= 11 is 1.88. The van der Waals surface area contributed by atoms with Gasteiger partial charge in [0.25, 0.3) is 0 Å². The number of ether oxygens (including phenoxy) is 2. The lowest BCUT2D eigenvalue weighted by Crippen LogP contribution is -2.54. The van der Waals surface area contributed by atoms with Crippen LogP contribution in [0.15, 0.2) is 0 Å². The molecule has 2 unspecified atom stereocenters. The Morgan fingerprint density at radius 1 is 1.19 bits per heavy atom. The monoisotopic (exact) mass is 242 g/mol. The molecule has 0 aromatic rings. The van der Waals surface area contributed by atoms with Gasteiger partial charge < -0.3 is 9.47 Å². The maximum absolute atomic E-state index is 12.0. The molecule has 1 spiro atoms. The van der Waals surface area contributed by atoms with Gasteiger partial charge in [-0.3, -0.25) is 9.59 Å². The second-order valence-corrected chi connectivity index (χ2v) is 6.00. The molecule has 0 aromatic carbocycles. The summed E-state index contributed by atoms with van der Waals surface area (Å²) in [7, 11) is 0. The van der Waals surface area contributed by atoms with Crippen LogP contribution < -0.4 is 0 Å². The van der Waals surface area contributed by atoms with Gasteiger partial charge in [-0.2, -0.15) is 11.8 Å². The smallest absolute Gasteiger partial charge is 0.326 e. The minimum atomic E-state index is -0.968. The Morgan fingerprint density at radius 3 is 2.69 bits per heavy atom. The number of esters is 2. The van der Waals surface area contributed by atoms with Gasteiger partial charge in [-0.25, -0.2) is 0 Å². The topological polar surface area (TPSA) is 52.6 Å². The van der Waals surface area contributed by atoms with Crippen molar-refractivity contribution in [1.29, 1.82) is 0 Å². The number of rotatable bonds is 0. The average molecular weight is 242 g/mol. The van der Waals surface area contributed by atoms with Gasteiger partial charge in [0.2, 0.25) is 6.79 Å². The van der Waals surface area contributed by atoms with Crippen molar-refractivity contribution >= 4 is 23.7 Å². The summed E-state index contributed by atoms with van der Waals surface area (Å²) in [6, 6.07) is 0. The Balaban J connectivity index is 1.99. The van der Waals surface area contributed by atoms with Gasteiger partial charge in [0, 0.05) is 5.25 Å². The maximum atomic E-state index is 12.0. The van der Waals surface area contributed by atoms with Gasteiger partial charge >= 0.3 is 11.9 Å². The summed E-state index contributed by atoms with van der Waals surface area (Å²) in [6.07, 6.45) is 3.56. The first-order valence-electron chi connectivity index (χ1n) is 5.71. The summed E-state index contributed by atoms with van der Waals surface area (Å²) in [5.41, 5.74) is -0.968. The van der Waals surface area contributed by atoms with E-state index in [9.17, 15) is 9.59 Å². The van der Waals surface area contributed by atoms with Crippen molar-refractivity contribution in [3.63, 3.8) is 0 Å². The molecule has 1 aliphatic carbocycles. The van der Waals surface area contributed by atoms with E-state index < -0.39 is 5.41 Å². The summed E-state index contributed by atoms with van der Waals surface area (Å²) < 4.78 is 9.92. The van der Waals surface area contributed by atoms with Crippen molar-refractivity contribution in [3.05, 3.63) is 0 Å². The van der Waals surface area contributed by atoms with E-state index in [4.69, 9.17) is 9.47 Å². The molecule has 88 valence electrons. The molecule has 0 N–H and O–H groups in total. The van der Waals surface area contributed by atoms with Crippen molar-refractivity contribution in [1.82, 2.24) is 0 Å². The Kier molecular flexibility index (Phi) is 2.38. The summed E-state index contributed by atoms with van der Waals surface area (Å²) in [6.45, 7) is -0.204. The number of hydrogen-bond acceptors (Lipinski definition) is 5. The molecule has 1 saturated carbocycles. The van der Waals surface area contributed by atoms with Crippen molar-refractivity contribution in [2.24, 2.45) is 11.3 Å². The van der Waals surface area contributed by atoms with Crippen molar-refractivity contribution in [2.45, 2.75) is 30.9 Å². The largest absolute Gasteiger partial charge is 0.427 e. The second kappa shape index (κ2) is 3.65. The lowest BCUT2D eigenvalue weighted by molar-refractivity contribution is -0.209. The number of fused-ring (bicyclic) bond motifs is 2. The number of carbonyl (C=O) groups is 2. The molecule has 3 rings (SSSR count). The first kappa shape index (κ1) is 10.4. The van der Waals surface area contributed by atoms with Gasteiger partial charge in [0.1, 0.15) is 0 Å². The third-order valence-electron chi connectivity index (χ3n) is 4.01. The number of cyclic esters (lactones) is 2. The maximum Gasteiger partial charge on any atom is 0.326 e. The van der Waals surface area contributed by atoms with E-state index in [0.29, 0.717) is 11.7 Å². The van der Waals surface area contributed by atoms with Crippen molar-refractivity contribution < 1.29 is 19.1 Å². The van der Waals surface area contributed by atoms with Crippen LogP contribution in [0.3, 0.4) is 0 Å². The van der Waals surface area contributed by atoms with Crippen LogP contribution in [-0.4, -0.2) is 29.7 Å². The highest BCUT2D eigenvalue weighted by atomic mass is 32.2. The summed E-state index contributed by atoms with van der Waals surface area (Å²) in [5, 5.41) is 0.437. The lowest BCUT2D eigenvalue weighted by atomic mass is 9.64. The predicted molar refractivity (Wildman–Crippen MR) is 57.7 cm³/mol. The molecule has 2 heterocycles. The highest BCUT2D eigenvalue weighted by Crippen LogP contribution is 2.53. The number of thioether (sulfide) groups is 1. The van der Waals surface area contributed by atoms with E-state index in [1.54, 1.807) is 0 Å². The molecular formula is C11H14O4S. The van der Waals surface area contributed by atoms with E-state index in [1.165, 1.54) is 0 Å². The standard InChI is InChI=1S/C11H14O4S/c12-9-11(10(13)15-6-14-9)4-1-2-8-7(11)3-5-16-8/h7-8H,1-6H2. The van der Waals surface area contributed by atoms with Crippen LogP contribution in [-0.2, 0) is 19.1 Å². The minimum absolute atomic E-state index is 0.131. The van der Waals surface area contributed by atoms with E-state index in [1.807, 2.05) is 11.8 Å². The second-order valence-electron chi connectivity index (χ2n) is 4.65. The zero-order chi connectivity index (χ0) is 11.2. The van der Waals surface area contributed by atoms with Crippen LogP contribution in [0.5, 0.6) is 0 Å². The minimum Gasteiger partial charge on any atom is -0.427 e. The molecule has 2 atom stereocenters. The van der Waals surface area contributed by atoms with Crippen LogP contribution in [0.2, 0.25) is 0 Å². The summed E-state index contributed by atoms with van der Waals surface area (Å²) in [5.74, 6) is 0.478. The third-order valence-corrected chi connectivity index (χ3v) is 5.47. The predicted octanol–water partition coefficient (Wildman–Crippen LogP) is 1.34. The first-order valence-corrected chi connectivity index (χ1v) is 6.76. The molecule has 3 aliphatic rings. The average Bonchev–Trinajstić information content (AvgIpc) is 2.74. The SMILES string of the molecule is O=C1OCOC(=O)C12CCCC1SCCC12. The Hall–Kier alpha value is -0.710. The molecule has 0 radical (unpaired) electrons. The van der Waals surface area contributed by atoms with Gasteiger partial charge in [-0.05, 0) is 30.9 Å². The molecule has 2 saturated heterocycles. The van der Waals surface area contributed by atoms with Gasteiger partial charge in [-0.1, -0.05) is 6.42 Å². The van der Waals surface area contributed by atoms with Gasteiger partial charge in [0.05, 0.1) is 0 Å². The quantitative estimate of drug-likeness (QED) is 0.474. The van der Waals surface area contributed by atoms with E-state index in [0.717, 1.165) is 25.0 Å². The zero-order valence-corrected chi connectivity index (χ0v) is 9.76. The number of carbonyl (C=O) groups excluding carboxylic acids is 2. The van der Waals surface area contributed by atoms with Gasteiger partial charge in [-0.15, -0.1) is 0 Å². The molecule has 0 aromatic heterocycles. The Labute approximate surface area is 98.0 Å². The highest BCUT2D eigenvalue weighted by Gasteiger charge is 2.61. The molecule has 3 fully saturated rings. The normalized spacial score (nSPS) is 36.8. The van der Waals surface area contributed by atoms with Crippen LogP contribution in [0.4, 0.5) is 0 Å². The fourth-order valence-electron chi connectivity index (χ4n) is 3.25. The van der Waals surface area contributed by atoms with E-state index >= 15 is 0 Å². The molecular weight excluding hydrogens is 228 g/mol. The first-order chi connectivity index (χ1) is 7.75. The number of hydrogen-bond donors (Lipinski definition) is 0. The van der Waals surface area contributed by atoms with Crippen molar-refractivity contribution in [3.8, 4) is 0 Å². The molecule has 5 heteroatoms. The Bertz CT molecular complexity index is 325.